The van der Waals surface area contributed by atoms with Crippen LogP contribution >= 0.6 is 0 Å². The molecule has 2 saturated heterocycles. The van der Waals surface area contributed by atoms with Gasteiger partial charge in [0.25, 0.3) is 0 Å². The summed E-state index contributed by atoms with van der Waals surface area (Å²) in [6, 6.07) is 7.92. The normalized spacial score (nSPS) is 28.2. The van der Waals surface area contributed by atoms with Crippen LogP contribution in [0.3, 0.4) is 0 Å². The van der Waals surface area contributed by atoms with Crippen molar-refractivity contribution in [1.29, 1.82) is 0 Å². The van der Waals surface area contributed by atoms with Gasteiger partial charge in [-0.3, -0.25) is 13.8 Å². The second kappa shape index (κ2) is 7.51. The smallest absolute Gasteiger partial charge is 0.246 e. The number of fused-ring (bicyclic) bond motifs is 1. The molecular weight excluding hydrogens is 348 g/mol. The molecule has 0 bridgehead atoms. The lowest BCUT2D eigenvalue weighted by molar-refractivity contribution is -0.143. The van der Waals surface area contributed by atoms with Gasteiger partial charge in [0.2, 0.25) is 11.8 Å². The lowest BCUT2D eigenvalue weighted by Crippen LogP contribution is -2.48. The van der Waals surface area contributed by atoms with Gasteiger partial charge in [0.15, 0.2) is 0 Å². The first kappa shape index (κ1) is 17.7. The highest BCUT2D eigenvalue weighted by Gasteiger charge is 2.41. The molecule has 4 rings (SSSR count). The van der Waals surface area contributed by atoms with Crippen molar-refractivity contribution in [2.24, 2.45) is 5.92 Å². The van der Waals surface area contributed by atoms with E-state index >= 15 is 0 Å². The maximum Gasteiger partial charge on any atom is 0.246 e. The highest BCUT2D eigenvalue weighted by Crippen LogP contribution is 2.29. The van der Waals surface area contributed by atoms with Gasteiger partial charge < -0.3 is 9.80 Å². The van der Waals surface area contributed by atoms with Gasteiger partial charge in [-0.1, -0.05) is 24.3 Å². The van der Waals surface area contributed by atoms with Gasteiger partial charge in [0.05, 0.1) is 11.6 Å². The summed E-state index contributed by atoms with van der Waals surface area (Å²) >= 11 is 0. The van der Waals surface area contributed by atoms with E-state index in [1.165, 1.54) is 11.1 Å². The van der Waals surface area contributed by atoms with Crippen LogP contribution in [0.2, 0.25) is 0 Å². The molecule has 6 heteroatoms. The molecule has 2 heterocycles. The van der Waals surface area contributed by atoms with Crippen molar-refractivity contribution in [3.8, 4) is 0 Å². The van der Waals surface area contributed by atoms with Crippen LogP contribution in [-0.4, -0.2) is 56.6 Å². The third-order valence-electron chi connectivity index (χ3n) is 5.94. The Morgan fingerprint density at radius 2 is 1.85 bits per heavy atom. The predicted octanol–water partition coefficient (Wildman–Crippen LogP) is 1.72. The highest BCUT2D eigenvalue weighted by molar-refractivity contribution is 7.85. The number of likely N-dealkylation sites (tertiary alicyclic amines) is 1. The zero-order valence-electron chi connectivity index (χ0n) is 15.1. The summed E-state index contributed by atoms with van der Waals surface area (Å²) in [6.07, 6.45) is 5.44. The molecule has 1 aromatic carbocycles. The Morgan fingerprint density at radius 3 is 2.62 bits per heavy atom. The molecule has 3 atom stereocenters. The van der Waals surface area contributed by atoms with Gasteiger partial charge in [-0.25, -0.2) is 0 Å². The molecular formula is C20H26N2O3S. The largest absolute Gasteiger partial charge is 0.341 e. The van der Waals surface area contributed by atoms with E-state index < -0.39 is 16.8 Å². The molecule has 1 aliphatic carbocycles. The molecule has 0 radical (unpaired) electrons. The Balaban J connectivity index is 1.41. The van der Waals surface area contributed by atoms with Crippen LogP contribution in [-0.2, 0) is 33.2 Å². The zero-order valence-corrected chi connectivity index (χ0v) is 15.9. The van der Waals surface area contributed by atoms with E-state index in [-0.39, 0.29) is 17.7 Å². The average molecular weight is 375 g/mol. The van der Waals surface area contributed by atoms with E-state index in [9.17, 15) is 13.8 Å². The summed E-state index contributed by atoms with van der Waals surface area (Å²) in [5, 5.41) is 0. The number of nitrogens with zero attached hydrogens (tertiary/aromatic N) is 2. The van der Waals surface area contributed by atoms with Crippen molar-refractivity contribution in [2.45, 2.75) is 44.6 Å². The molecule has 1 aromatic rings. The molecule has 0 spiro atoms. The Morgan fingerprint density at radius 1 is 1.12 bits per heavy atom. The molecule has 5 nitrogen and oxygen atoms in total. The standard InChI is InChI=1S/C20H26N2O3S/c23-19(12-15-7-8-16-5-1-2-6-17(16)11-15)22-14-26(25)13-18(22)20(24)21-9-3-4-10-21/h1-2,5-6,15,18H,3-4,7-14H2/t15-,18-,26?/m0/s1. The molecule has 1 unspecified atom stereocenters. The first-order chi connectivity index (χ1) is 12.6. The van der Waals surface area contributed by atoms with E-state index in [0.29, 0.717) is 18.1 Å². The number of rotatable bonds is 3. The number of amides is 2. The van der Waals surface area contributed by atoms with Crippen molar-refractivity contribution in [3.63, 3.8) is 0 Å². The molecule has 140 valence electrons. The monoisotopic (exact) mass is 374 g/mol. The lowest BCUT2D eigenvalue weighted by Gasteiger charge is -2.29. The van der Waals surface area contributed by atoms with Crippen LogP contribution in [0, 0.1) is 5.92 Å². The van der Waals surface area contributed by atoms with E-state index in [4.69, 9.17) is 0 Å². The highest BCUT2D eigenvalue weighted by atomic mass is 32.2. The first-order valence-electron chi connectivity index (χ1n) is 9.62. The quantitative estimate of drug-likeness (QED) is 0.809. The lowest BCUT2D eigenvalue weighted by atomic mass is 9.82. The minimum atomic E-state index is -1.11. The Hall–Kier alpha value is -1.69. The van der Waals surface area contributed by atoms with E-state index in [0.717, 1.165) is 45.2 Å². The van der Waals surface area contributed by atoms with Crippen molar-refractivity contribution in [3.05, 3.63) is 35.4 Å². The fourth-order valence-corrected chi connectivity index (χ4v) is 5.89. The van der Waals surface area contributed by atoms with Gasteiger partial charge in [-0.05, 0) is 49.1 Å². The van der Waals surface area contributed by atoms with Crippen molar-refractivity contribution in [2.75, 3.05) is 24.7 Å². The Bertz CT molecular complexity index is 730. The zero-order chi connectivity index (χ0) is 18.1. The fraction of sp³-hybridized carbons (Fsp3) is 0.600. The third-order valence-corrected chi connectivity index (χ3v) is 7.19. The number of carbonyl (C=O) groups is 2. The molecule has 3 aliphatic rings. The maximum absolute atomic E-state index is 12.9. The third kappa shape index (κ3) is 3.56. The minimum Gasteiger partial charge on any atom is -0.341 e. The number of hydrogen-bond donors (Lipinski definition) is 0. The molecule has 0 N–H and O–H groups in total. The van der Waals surface area contributed by atoms with Gasteiger partial charge in [-0.2, -0.15) is 0 Å². The summed E-state index contributed by atoms with van der Waals surface area (Å²) in [5.41, 5.74) is 2.73. The number of hydrogen-bond acceptors (Lipinski definition) is 3. The summed E-state index contributed by atoms with van der Waals surface area (Å²) in [7, 11) is -1.11. The molecule has 0 saturated carbocycles. The average Bonchev–Trinajstić information content (AvgIpc) is 3.31. The van der Waals surface area contributed by atoms with Gasteiger partial charge >= 0.3 is 0 Å². The van der Waals surface area contributed by atoms with Crippen LogP contribution in [0.1, 0.15) is 36.8 Å². The van der Waals surface area contributed by atoms with E-state index in [1.54, 1.807) is 4.90 Å². The summed E-state index contributed by atoms with van der Waals surface area (Å²) < 4.78 is 12.1. The first-order valence-corrected chi connectivity index (χ1v) is 11.1. The van der Waals surface area contributed by atoms with Gasteiger partial charge in [0.1, 0.15) is 6.04 Å². The molecule has 26 heavy (non-hydrogen) atoms. The van der Waals surface area contributed by atoms with Crippen molar-refractivity contribution in [1.82, 2.24) is 9.80 Å². The summed E-state index contributed by atoms with van der Waals surface area (Å²) in [5.74, 6) is 0.823. The SMILES string of the molecule is O=C([C@@H]1CS(=O)CN1C(=O)C[C@H]1CCc2ccccc2C1)N1CCCC1. The van der Waals surface area contributed by atoms with Crippen LogP contribution < -0.4 is 0 Å². The summed E-state index contributed by atoms with van der Waals surface area (Å²) in [4.78, 5) is 29.1. The maximum atomic E-state index is 12.9. The fourth-order valence-electron chi connectivity index (χ4n) is 4.47. The van der Waals surface area contributed by atoms with Crippen molar-refractivity contribution < 1.29 is 13.8 Å². The number of benzene rings is 1. The number of aryl methyl sites for hydroxylation is 1. The van der Waals surface area contributed by atoms with Crippen LogP contribution in [0.5, 0.6) is 0 Å². The topological polar surface area (TPSA) is 57.7 Å². The van der Waals surface area contributed by atoms with Crippen LogP contribution in [0.15, 0.2) is 24.3 Å². The van der Waals surface area contributed by atoms with Crippen LogP contribution in [0.25, 0.3) is 0 Å². The predicted molar refractivity (Wildman–Crippen MR) is 101 cm³/mol. The van der Waals surface area contributed by atoms with E-state index in [2.05, 4.69) is 24.3 Å². The molecule has 2 amide bonds. The van der Waals surface area contributed by atoms with Crippen molar-refractivity contribution >= 4 is 22.6 Å². The summed E-state index contributed by atoms with van der Waals surface area (Å²) in [6.45, 7) is 1.53. The molecule has 2 fully saturated rings. The van der Waals surface area contributed by atoms with Crippen LogP contribution in [0.4, 0.5) is 0 Å². The Kier molecular flexibility index (Phi) is 5.11. The second-order valence-corrected chi connectivity index (χ2v) is 9.20. The molecule has 2 aliphatic heterocycles. The Labute approximate surface area is 157 Å². The minimum absolute atomic E-state index is 0.00206. The van der Waals surface area contributed by atoms with E-state index in [1.807, 2.05) is 4.90 Å². The van der Waals surface area contributed by atoms with Gasteiger partial charge in [-0.15, -0.1) is 0 Å². The second-order valence-electron chi connectivity index (χ2n) is 7.73. The number of carbonyl (C=O) groups excluding carboxylic acids is 2. The molecule has 0 aromatic heterocycles. The van der Waals surface area contributed by atoms with Gasteiger partial charge in [0, 0.05) is 30.3 Å².